The number of anilines is 1. The summed E-state index contributed by atoms with van der Waals surface area (Å²) in [5.74, 6) is 0.658. The lowest BCUT2D eigenvalue weighted by molar-refractivity contribution is -0.137. The lowest BCUT2D eigenvalue weighted by Crippen LogP contribution is -2.42. The number of imidazole rings is 1. The summed E-state index contributed by atoms with van der Waals surface area (Å²) in [6.07, 6.45) is -2.32. The Hall–Kier alpha value is -2.01. The lowest BCUT2D eigenvalue weighted by Gasteiger charge is -2.16. The molecule has 3 heterocycles. The highest BCUT2D eigenvalue weighted by atomic mass is 35.5. The molecule has 4 atom stereocenters. The number of hydrogen-bond acceptors (Lipinski definition) is 8. The van der Waals surface area contributed by atoms with E-state index in [1.54, 1.807) is 6.92 Å². The molecule has 1 fully saturated rings. The van der Waals surface area contributed by atoms with Crippen molar-refractivity contribution in [1.29, 1.82) is 0 Å². The molecule has 0 bridgehead atoms. The van der Waals surface area contributed by atoms with E-state index >= 15 is 0 Å². The molecule has 1 aliphatic rings. The molecular formula is C15H21ClN6O4. The zero-order chi connectivity index (χ0) is 18.8. The van der Waals surface area contributed by atoms with E-state index in [0.29, 0.717) is 42.3 Å². The molecule has 5 N–H and O–H groups in total. The average molecular weight is 385 g/mol. The molecule has 11 heteroatoms. The van der Waals surface area contributed by atoms with Gasteiger partial charge in [0.15, 0.2) is 23.8 Å². The highest BCUT2D eigenvalue weighted by Gasteiger charge is 2.47. The van der Waals surface area contributed by atoms with Gasteiger partial charge in [0, 0.05) is 18.8 Å². The smallest absolute Gasteiger partial charge is 0.252 e. The molecule has 1 unspecified atom stereocenters. The molecule has 1 aliphatic heterocycles. The molecule has 1 amide bonds. The Kier molecular flexibility index (Phi) is 5.56. The molecule has 0 radical (unpaired) electrons. The van der Waals surface area contributed by atoms with Gasteiger partial charge in [-0.2, -0.15) is 0 Å². The van der Waals surface area contributed by atoms with Crippen LogP contribution in [0.4, 0.5) is 5.82 Å². The summed E-state index contributed by atoms with van der Waals surface area (Å²) < 4.78 is 7.05. The SMILES string of the molecule is CCNC(=O)[C@H]1O[C@@H](n2cnc3c(N)nc(CCCCl)nc32)C(O)[C@H]1O. The Morgan fingerprint density at radius 1 is 1.42 bits per heavy atom. The number of aromatic nitrogens is 4. The van der Waals surface area contributed by atoms with Gasteiger partial charge in [-0.3, -0.25) is 9.36 Å². The number of nitrogen functional groups attached to an aromatic ring is 1. The number of nitrogens with two attached hydrogens (primary N) is 1. The summed E-state index contributed by atoms with van der Waals surface area (Å²) in [6.45, 7) is 2.13. The predicted octanol–water partition coefficient (Wildman–Crippen LogP) is -0.665. The largest absolute Gasteiger partial charge is 0.387 e. The molecule has 0 saturated carbocycles. The Labute approximate surface area is 154 Å². The van der Waals surface area contributed by atoms with Crippen molar-refractivity contribution in [3.05, 3.63) is 12.2 Å². The van der Waals surface area contributed by atoms with Crippen LogP contribution >= 0.6 is 11.6 Å². The first kappa shape index (κ1) is 18.8. The molecule has 2 aromatic rings. The maximum Gasteiger partial charge on any atom is 0.252 e. The standard InChI is InChI=1S/C15H21ClN6O4/c1-2-18-14(25)11-9(23)10(24)15(26-11)22-6-19-8-12(17)20-7(4-3-5-16)21-13(8)22/h6,9-11,15,23-24H,2-5H2,1H3,(H,18,25)(H2,17,20,21)/t9-,10?,11+,15-/m1/s1. The number of carbonyl (C=O) groups excluding carboxylic acids is 1. The third kappa shape index (κ3) is 3.32. The summed E-state index contributed by atoms with van der Waals surface area (Å²) in [4.78, 5) is 24.8. The molecule has 0 aliphatic carbocycles. The predicted molar refractivity (Wildman–Crippen MR) is 93.4 cm³/mol. The lowest BCUT2D eigenvalue weighted by atomic mass is 10.1. The zero-order valence-electron chi connectivity index (χ0n) is 14.2. The second kappa shape index (κ2) is 7.70. The van der Waals surface area contributed by atoms with Crippen molar-refractivity contribution in [3.8, 4) is 0 Å². The van der Waals surface area contributed by atoms with Crippen molar-refractivity contribution in [3.63, 3.8) is 0 Å². The zero-order valence-corrected chi connectivity index (χ0v) is 14.9. The van der Waals surface area contributed by atoms with E-state index in [0.717, 1.165) is 0 Å². The molecule has 142 valence electrons. The first-order valence-corrected chi connectivity index (χ1v) is 8.85. The number of fused-ring (bicyclic) bond motifs is 1. The minimum Gasteiger partial charge on any atom is -0.387 e. The summed E-state index contributed by atoms with van der Waals surface area (Å²) >= 11 is 5.71. The van der Waals surface area contributed by atoms with E-state index in [9.17, 15) is 15.0 Å². The number of likely N-dealkylation sites (N-methyl/N-ethyl adjacent to an activating group) is 1. The van der Waals surface area contributed by atoms with Crippen molar-refractivity contribution in [1.82, 2.24) is 24.8 Å². The highest BCUT2D eigenvalue weighted by molar-refractivity contribution is 6.17. The van der Waals surface area contributed by atoms with Crippen molar-refractivity contribution in [2.24, 2.45) is 0 Å². The number of alkyl halides is 1. The van der Waals surface area contributed by atoms with Crippen LogP contribution in [0.3, 0.4) is 0 Å². The normalized spacial score (nSPS) is 25.7. The number of hydrogen-bond donors (Lipinski definition) is 4. The van der Waals surface area contributed by atoms with Crippen LogP contribution in [-0.4, -0.2) is 66.4 Å². The number of ether oxygens (including phenoxy) is 1. The van der Waals surface area contributed by atoms with Gasteiger partial charge in [0.2, 0.25) is 0 Å². The minimum absolute atomic E-state index is 0.201. The number of halogens is 1. The van der Waals surface area contributed by atoms with E-state index in [4.69, 9.17) is 22.1 Å². The quantitative estimate of drug-likeness (QED) is 0.479. The van der Waals surface area contributed by atoms with E-state index in [2.05, 4.69) is 20.3 Å². The van der Waals surface area contributed by atoms with E-state index in [1.165, 1.54) is 10.9 Å². The van der Waals surface area contributed by atoms with E-state index in [1.807, 2.05) is 0 Å². The van der Waals surface area contributed by atoms with E-state index in [-0.39, 0.29) is 5.82 Å². The topological polar surface area (TPSA) is 148 Å². The fraction of sp³-hybridized carbons (Fsp3) is 0.600. The van der Waals surface area contributed by atoms with Crippen LogP contribution in [-0.2, 0) is 16.0 Å². The van der Waals surface area contributed by atoms with Crippen LogP contribution in [0.1, 0.15) is 25.4 Å². The number of nitrogens with one attached hydrogen (secondary N) is 1. The van der Waals surface area contributed by atoms with Crippen molar-refractivity contribution in [2.45, 2.75) is 44.3 Å². The van der Waals surface area contributed by atoms with Gasteiger partial charge in [0.25, 0.3) is 5.91 Å². The number of aliphatic hydroxyl groups excluding tert-OH is 2. The third-order valence-electron chi connectivity index (χ3n) is 4.15. The van der Waals surface area contributed by atoms with Crippen LogP contribution in [0, 0.1) is 0 Å². The van der Waals surface area contributed by atoms with Crippen molar-refractivity contribution in [2.75, 3.05) is 18.2 Å². The maximum absolute atomic E-state index is 12.0. The van der Waals surface area contributed by atoms with Gasteiger partial charge in [0.1, 0.15) is 23.5 Å². The Morgan fingerprint density at radius 2 is 2.19 bits per heavy atom. The third-order valence-corrected chi connectivity index (χ3v) is 4.42. The molecule has 2 aromatic heterocycles. The Morgan fingerprint density at radius 3 is 2.88 bits per heavy atom. The number of rotatable bonds is 6. The molecule has 26 heavy (non-hydrogen) atoms. The molecule has 1 saturated heterocycles. The molecule has 0 aromatic carbocycles. The number of nitrogens with zero attached hydrogens (tertiary/aromatic N) is 4. The molecule has 0 spiro atoms. The number of carbonyl (C=O) groups is 1. The summed E-state index contributed by atoms with van der Waals surface area (Å²) in [7, 11) is 0. The summed E-state index contributed by atoms with van der Waals surface area (Å²) in [5.41, 5.74) is 6.65. The molecule has 10 nitrogen and oxygen atoms in total. The van der Waals surface area contributed by atoms with Gasteiger partial charge < -0.3 is 26.0 Å². The van der Waals surface area contributed by atoms with Crippen LogP contribution in [0.5, 0.6) is 0 Å². The van der Waals surface area contributed by atoms with E-state index < -0.39 is 30.4 Å². The monoisotopic (exact) mass is 384 g/mol. The van der Waals surface area contributed by atoms with Crippen LogP contribution in [0.15, 0.2) is 6.33 Å². The van der Waals surface area contributed by atoms with Gasteiger partial charge in [-0.15, -0.1) is 11.6 Å². The summed E-state index contributed by atoms with van der Waals surface area (Å²) in [5, 5.41) is 23.1. The van der Waals surface area contributed by atoms with Gasteiger partial charge >= 0.3 is 0 Å². The summed E-state index contributed by atoms with van der Waals surface area (Å²) in [6, 6.07) is 0. The molecule has 3 rings (SSSR count). The van der Waals surface area contributed by atoms with Crippen LogP contribution in [0.2, 0.25) is 0 Å². The van der Waals surface area contributed by atoms with Crippen molar-refractivity contribution >= 4 is 34.5 Å². The second-order valence-electron chi connectivity index (χ2n) is 5.96. The Bertz CT molecular complexity index is 800. The first-order valence-electron chi connectivity index (χ1n) is 8.32. The fourth-order valence-electron chi connectivity index (χ4n) is 2.89. The highest BCUT2D eigenvalue weighted by Crippen LogP contribution is 2.32. The second-order valence-corrected chi connectivity index (χ2v) is 6.34. The number of amides is 1. The minimum atomic E-state index is -1.38. The van der Waals surface area contributed by atoms with Gasteiger partial charge in [0.05, 0.1) is 6.33 Å². The van der Waals surface area contributed by atoms with Gasteiger partial charge in [-0.25, -0.2) is 15.0 Å². The van der Waals surface area contributed by atoms with Gasteiger partial charge in [-0.05, 0) is 13.3 Å². The number of aliphatic hydroxyl groups is 2. The van der Waals surface area contributed by atoms with Crippen LogP contribution < -0.4 is 11.1 Å². The number of aryl methyl sites for hydroxylation is 1. The average Bonchev–Trinajstić information content (AvgIpc) is 3.16. The maximum atomic E-state index is 12.0. The van der Waals surface area contributed by atoms with Crippen molar-refractivity contribution < 1.29 is 19.7 Å². The Balaban J connectivity index is 1.94. The van der Waals surface area contributed by atoms with Crippen LogP contribution in [0.25, 0.3) is 11.2 Å². The fourth-order valence-corrected chi connectivity index (χ4v) is 3.02. The molecular weight excluding hydrogens is 364 g/mol. The van der Waals surface area contributed by atoms with Gasteiger partial charge in [-0.1, -0.05) is 0 Å². The first-order chi connectivity index (χ1) is 12.5.